The lowest BCUT2D eigenvalue weighted by molar-refractivity contribution is -0.137. The van der Waals surface area contributed by atoms with Gasteiger partial charge in [0.05, 0.1) is 5.56 Å². The molecule has 1 N–H and O–H groups in total. The van der Waals surface area contributed by atoms with Gasteiger partial charge in [0.25, 0.3) is 0 Å². The van der Waals surface area contributed by atoms with E-state index in [-0.39, 0.29) is 0 Å². The molecule has 0 aromatic heterocycles. The smallest absolute Gasteiger partial charge is 0.349 e. The summed E-state index contributed by atoms with van der Waals surface area (Å²) in [5, 5.41) is 3.45. The molecule has 0 atom stereocenters. The fourth-order valence-electron chi connectivity index (χ4n) is 3.13. The summed E-state index contributed by atoms with van der Waals surface area (Å²) in [6.07, 6.45) is -1.14. The monoisotopic (exact) mass is 387 g/mol. The Labute approximate surface area is 159 Å². The summed E-state index contributed by atoms with van der Waals surface area (Å²) >= 11 is 5.40. The summed E-state index contributed by atoms with van der Waals surface area (Å²) < 4.78 is 38.4. The SMILES string of the molecule is CC(C)CCN(C)C1CCN(C(=S)Nc2cccc(C(F)(F)F)c2)CC1. The maximum atomic E-state index is 12.8. The quantitative estimate of drug-likeness (QED) is 0.728. The molecule has 3 nitrogen and oxygen atoms in total. The number of rotatable bonds is 5. The molecule has 1 aromatic rings. The number of nitrogens with zero attached hydrogens (tertiary/aromatic N) is 2. The first-order chi connectivity index (χ1) is 12.2. The standard InChI is InChI=1S/C19H28F3N3S/c1-14(2)7-10-24(3)17-8-11-25(12-9-17)18(26)23-16-6-4-5-15(13-16)19(20,21)22/h4-6,13-14,17H,7-12H2,1-3H3,(H,23,26). The fraction of sp³-hybridized carbons (Fsp3) is 0.632. The summed E-state index contributed by atoms with van der Waals surface area (Å²) in [5.74, 6) is 0.696. The minimum atomic E-state index is -4.35. The number of anilines is 1. The number of hydrogen-bond donors (Lipinski definition) is 1. The average molecular weight is 388 g/mol. The van der Waals surface area contributed by atoms with Gasteiger partial charge in [-0.1, -0.05) is 19.9 Å². The highest BCUT2D eigenvalue weighted by molar-refractivity contribution is 7.80. The first-order valence-corrected chi connectivity index (χ1v) is 9.51. The van der Waals surface area contributed by atoms with Gasteiger partial charge >= 0.3 is 6.18 Å². The molecule has 1 aromatic carbocycles. The van der Waals surface area contributed by atoms with E-state index in [9.17, 15) is 13.2 Å². The summed E-state index contributed by atoms with van der Waals surface area (Å²) in [7, 11) is 2.17. The van der Waals surface area contributed by atoms with Gasteiger partial charge in [-0.25, -0.2) is 0 Å². The molecule has 1 saturated heterocycles. The third-order valence-corrected chi connectivity index (χ3v) is 5.24. The average Bonchev–Trinajstić information content (AvgIpc) is 2.59. The maximum Gasteiger partial charge on any atom is 0.416 e. The first-order valence-electron chi connectivity index (χ1n) is 9.10. The van der Waals surface area contributed by atoms with Crippen molar-refractivity contribution in [3.05, 3.63) is 29.8 Å². The van der Waals surface area contributed by atoms with Gasteiger partial charge in [-0.05, 0) is 69.2 Å². The lowest BCUT2D eigenvalue weighted by atomic mass is 10.0. The van der Waals surface area contributed by atoms with Crippen LogP contribution in [-0.4, -0.2) is 47.6 Å². The molecular formula is C19H28F3N3S. The summed E-state index contributed by atoms with van der Waals surface area (Å²) in [6.45, 7) is 7.20. The fourth-order valence-corrected chi connectivity index (χ4v) is 3.43. The molecule has 2 rings (SSSR count). The van der Waals surface area contributed by atoms with Gasteiger partial charge in [-0.3, -0.25) is 0 Å². The molecule has 0 unspecified atom stereocenters. The zero-order chi connectivity index (χ0) is 19.3. The van der Waals surface area contributed by atoms with E-state index in [1.807, 2.05) is 4.90 Å². The van der Waals surface area contributed by atoms with Crippen molar-refractivity contribution in [3.63, 3.8) is 0 Å². The second kappa shape index (κ2) is 9.04. The normalized spacial score (nSPS) is 16.4. The second-order valence-corrected chi connectivity index (χ2v) is 7.78. The van der Waals surface area contributed by atoms with Gasteiger partial charge in [0.2, 0.25) is 0 Å². The van der Waals surface area contributed by atoms with Gasteiger partial charge in [-0.2, -0.15) is 13.2 Å². The van der Waals surface area contributed by atoms with Crippen molar-refractivity contribution in [2.45, 2.75) is 45.3 Å². The van der Waals surface area contributed by atoms with Crippen LogP contribution in [0.5, 0.6) is 0 Å². The van der Waals surface area contributed by atoms with Crippen molar-refractivity contribution in [1.29, 1.82) is 0 Å². The molecule has 1 aliphatic rings. The van der Waals surface area contributed by atoms with Crippen LogP contribution in [0, 0.1) is 5.92 Å². The van der Waals surface area contributed by atoms with Crippen LogP contribution >= 0.6 is 12.2 Å². The van der Waals surface area contributed by atoms with Crippen LogP contribution in [-0.2, 0) is 6.18 Å². The van der Waals surface area contributed by atoms with Crippen molar-refractivity contribution in [1.82, 2.24) is 9.80 Å². The number of alkyl halides is 3. The van der Waals surface area contributed by atoms with Crippen molar-refractivity contribution in [2.24, 2.45) is 5.92 Å². The number of hydrogen-bond acceptors (Lipinski definition) is 2. The lowest BCUT2D eigenvalue weighted by Crippen LogP contribution is -2.47. The highest BCUT2D eigenvalue weighted by atomic mass is 32.1. The molecule has 0 aliphatic carbocycles. The lowest BCUT2D eigenvalue weighted by Gasteiger charge is -2.38. The Hall–Kier alpha value is -1.34. The van der Waals surface area contributed by atoms with E-state index in [2.05, 4.69) is 31.1 Å². The third-order valence-electron chi connectivity index (χ3n) is 4.88. The number of nitrogens with one attached hydrogen (secondary N) is 1. The highest BCUT2D eigenvalue weighted by Gasteiger charge is 2.30. The third kappa shape index (κ3) is 6.13. The van der Waals surface area contributed by atoms with E-state index in [1.54, 1.807) is 6.07 Å². The van der Waals surface area contributed by atoms with Crippen molar-refractivity contribution in [2.75, 3.05) is 32.0 Å². The molecule has 0 amide bonds. The summed E-state index contributed by atoms with van der Waals surface area (Å²) in [6, 6.07) is 5.70. The van der Waals surface area contributed by atoms with Crippen LogP contribution in [0.3, 0.4) is 0 Å². The van der Waals surface area contributed by atoms with Crippen molar-refractivity contribution < 1.29 is 13.2 Å². The van der Waals surface area contributed by atoms with Crippen LogP contribution in [0.15, 0.2) is 24.3 Å². The molecule has 0 spiro atoms. The number of halogens is 3. The zero-order valence-electron chi connectivity index (χ0n) is 15.6. The Bertz CT molecular complexity index is 596. The number of likely N-dealkylation sites (tertiary alicyclic amines) is 1. The second-order valence-electron chi connectivity index (χ2n) is 7.39. The van der Waals surface area contributed by atoms with Crippen LogP contribution in [0.25, 0.3) is 0 Å². The number of thiocarbonyl (C=S) groups is 1. The Morgan fingerprint density at radius 1 is 1.31 bits per heavy atom. The molecule has 0 bridgehead atoms. The van der Waals surface area contributed by atoms with Crippen LogP contribution in [0.1, 0.15) is 38.7 Å². The van der Waals surface area contributed by atoms with E-state index < -0.39 is 11.7 Å². The van der Waals surface area contributed by atoms with E-state index in [4.69, 9.17) is 12.2 Å². The van der Waals surface area contributed by atoms with Gasteiger partial charge in [-0.15, -0.1) is 0 Å². The number of piperidine rings is 1. The maximum absolute atomic E-state index is 12.8. The van der Waals surface area contributed by atoms with E-state index >= 15 is 0 Å². The Balaban J connectivity index is 1.85. The Kier molecular flexibility index (Phi) is 7.29. The van der Waals surface area contributed by atoms with Crippen LogP contribution < -0.4 is 5.32 Å². The predicted octanol–water partition coefficient (Wildman–Crippen LogP) is 4.84. The van der Waals surface area contributed by atoms with Crippen molar-refractivity contribution >= 4 is 23.0 Å². The van der Waals surface area contributed by atoms with Crippen molar-refractivity contribution in [3.8, 4) is 0 Å². The van der Waals surface area contributed by atoms with Gasteiger partial charge in [0.1, 0.15) is 0 Å². The molecular weight excluding hydrogens is 359 g/mol. The van der Waals surface area contributed by atoms with E-state index in [0.29, 0.717) is 22.8 Å². The zero-order valence-corrected chi connectivity index (χ0v) is 16.5. The van der Waals surface area contributed by atoms with Crippen LogP contribution in [0.2, 0.25) is 0 Å². The summed E-state index contributed by atoms with van der Waals surface area (Å²) in [4.78, 5) is 4.46. The van der Waals surface area contributed by atoms with Gasteiger partial charge in [0.15, 0.2) is 5.11 Å². The Morgan fingerprint density at radius 2 is 1.96 bits per heavy atom. The Morgan fingerprint density at radius 3 is 2.54 bits per heavy atom. The van der Waals surface area contributed by atoms with Gasteiger partial charge < -0.3 is 15.1 Å². The molecule has 0 saturated carbocycles. The largest absolute Gasteiger partial charge is 0.416 e. The minimum Gasteiger partial charge on any atom is -0.349 e. The van der Waals surface area contributed by atoms with Crippen LogP contribution in [0.4, 0.5) is 18.9 Å². The molecule has 1 fully saturated rings. The topological polar surface area (TPSA) is 18.5 Å². The van der Waals surface area contributed by atoms with E-state index in [0.717, 1.165) is 44.6 Å². The molecule has 7 heteroatoms. The van der Waals surface area contributed by atoms with E-state index in [1.165, 1.54) is 12.5 Å². The molecule has 1 aliphatic heterocycles. The van der Waals surface area contributed by atoms with Gasteiger partial charge in [0, 0.05) is 24.8 Å². The highest BCUT2D eigenvalue weighted by Crippen LogP contribution is 2.30. The predicted molar refractivity (Wildman–Crippen MR) is 104 cm³/mol. The number of benzene rings is 1. The minimum absolute atomic E-state index is 0.376. The molecule has 146 valence electrons. The molecule has 26 heavy (non-hydrogen) atoms. The summed E-state index contributed by atoms with van der Waals surface area (Å²) in [5.41, 5.74) is -0.295. The molecule has 1 heterocycles. The first kappa shape index (κ1) is 21.0. The molecule has 0 radical (unpaired) electrons.